The molecule has 2 aromatic carbocycles. The van der Waals surface area contributed by atoms with Gasteiger partial charge in [-0.2, -0.15) is 0 Å². The molecule has 0 fully saturated rings. The summed E-state index contributed by atoms with van der Waals surface area (Å²) in [5.41, 5.74) is 0.749. The van der Waals surface area contributed by atoms with Crippen molar-refractivity contribution < 1.29 is 23.9 Å². The minimum absolute atomic E-state index is 0.0294. The van der Waals surface area contributed by atoms with E-state index in [4.69, 9.17) is 16.3 Å². The molecule has 0 aromatic heterocycles. The van der Waals surface area contributed by atoms with E-state index >= 15 is 0 Å². The number of rotatable bonds is 5. The Balaban J connectivity index is 2.03. The third-order valence-electron chi connectivity index (χ3n) is 3.33. The smallest absolute Gasteiger partial charge is 0.337 e. The molecule has 0 aliphatic carbocycles. The quantitative estimate of drug-likeness (QED) is 0.602. The SMILES string of the molecule is COC(=O)c1ccc(Cl)c(NC(=O)C(=O)Nc2ccc(OC(C)C)cc2)c1. The van der Waals surface area contributed by atoms with Crippen molar-refractivity contribution in [1.82, 2.24) is 0 Å². The van der Waals surface area contributed by atoms with Crippen LogP contribution in [0, 0.1) is 0 Å². The molecule has 7 nitrogen and oxygen atoms in total. The summed E-state index contributed by atoms with van der Waals surface area (Å²) in [5.74, 6) is -1.75. The fraction of sp³-hybridized carbons (Fsp3) is 0.211. The summed E-state index contributed by atoms with van der Waals surface area (Å²) in [6.07, 6.45) is 0.0294. The van der Waals surface area contributed by atoms with E-state index in [1.54, 1.807) is 24.3 Å². The number of halogens is 1. The van der Waals surface area contributed by atoms with E-state index in [2.05, 4.69) is 15.4 Å². The van der Waals surface area contributed by atoms with E-state index in [9.17, 15) is 14.4 Å². The van der Waals surface area contributed by atoms with Crippen LogP contribution in [0.4, 0.5) is 11.4 Å². The number of benzene rings is 2. The lowest BCUT2D eigenvalue weighted by molar-refractivity contribution is -0.132. The van der Waals surface area contributed by atoms with Gasteiger partial charge in [0.05, 0.1) is 29.5 Å². The maximum Gasteiger partial charge on any atom is 0.337 e. The molecule has 0 saturated heterocycles. The number of methoxy groups -OCH3 is 1. The highest BCUT2D eigenvalue weighted by atomic mass is 35.5. The van der Waals surface area contributed by atoms with Gasteiger partial charge in [-0.25, -0.2) is 4.79 Å². The summed E-state index contributed by atoms with van der Waals surface area (Å²) in [4.78, 5) is 35.8. The van der Waals surface area contributed by atoms with Crippen LogP contribution in [0.25, 0.3) is 0 Å². The maximum absolute atomic E-state index is 12.1. The molecule has 2 rings (SSSR count). The molecule has 2 aromatic rings. The topological polar surface area (TPSA) is 93.7 Å². The Morgan fingerprint density at radius 3 is 2.19 bits per heavy atom. The van der Waals surface area contributed by atoms with Crippen LogP contribution in [-0.4, -0.2) is 31.0 Å². The molecule has 0 radical (unpaired) electrons. The summed E-state index contributed by atoms with van der Waals surface area (Å²) < 4.78 is 10.1. The Morgan fingerprint density at radius 1 is 0.963 bits per heavy atom. The molecule has 0 aliphatic rings. The highest BCUT2D eigenvalue weighted by molar-refractivity contribution is 6.44. The van der Waals surface area contributed by atoms with E-state index in [1.165, 1.54) is 25.3 Å². The van der Waals surface area contributed by atoms with Crippen molar-refractivity contribution >= 4 is 40.8 Å². The first-order valence-electron chi connectivity index (χ1n) is 8.07. The molecule has 27 heavy (non-hydrogen) atoms. The van der Waals surface area contributed by atoms with Crippen molar-refractivity contribution in [3.63, 3.8) is 0 Å². The van der Waals surface area contributed by atoms with Gasteiger partial charge in [-0.3, -0.25) is 9.59 Å². The first-order valence-corrected chi connectivity index (χ1v) is 8.45. The van der Waals surface area contributed by atoms with Crippen molar-refractivity contribution in [1.29, 1.82) is 0 Å². The predicted octanol–water partition coefficient (Wildman–Crippen LogP) is 3.49. The Hall–Kier alpha value is -3.06. The second-order valence-electron chi connectivity index (χ2n) is 5.79. The number of ether oxygens (including phenoxy) is 2. The van der Waals surface area contributed by atoms with Crippen molar-refractivity contribution in [2.24, 2.45) is 0 Å². The summed E-state index contributed by atoms with van der Waals surface area (Å²) in [6.45, 7) is 3.81. The molecule has 0 unspecified atom stereocenters. The molecule has 2 amide bonds. The number of carbonyl (C=O) groups excluding carboxylic acids is 3. The second-order valence-corrected chi connectivity index (χ2v) is 6.19. The number of nitrogens with one attached hydrogen (secondary N) is 2. The molecule has 0 bridgehead atoms. The fourth-order valence-corrected chi connectivity index (χ4v) is 2.29. The van der Waals surface area contributed by atoms with Gasteiger partial charge in [0.2, 0.25) is 0 Å². The molecule has 0 atom stereocenters. The lowest BCUT2D eigenvalue weighted by Crippen LogP contribution is -2.29. The molecule has 0 aliphatic heterocycles. The lowest BCUT2D eigenvalue weighted by Gasteiger charge is -2.11. The highest BCUT2D eigenvalue weighted by Gasteiger charge is 2.17. The van der Waals surface area contributed by atoms with Crippen LogP contribution in [0.15, 0.2) is 42.5 Å². The number of carbonyl (C=O) groups is 3. The van der Waals surface area contributed by atoms with E-state index in [0.29, 0.717) is 11.4 Å². The van der Waals surface area contributed by atoms with Gasteiger partial charge in [0, 0.05) is 5.69 Å². The zero-order chi connectivity index (χ0) is 20.0. The molecular formula is C19H19ClN2O5. The minimum atomic E-state index is -0.929. The van der Waals surface area contributed by atoms with Crippen LogP contribution >= 0.6 is 11.6 Å². The summed E-state index contributed by atoms with van der Waals surface area (Å²) in [5, 5.41) is 5.02. The molecule has 8 heteroatoms. The average molecular weight is 391 g/mol. The first-order chi connectivity index (χ1) is 12.8. The number of anilines is 2. The van der Waals surface area contributed by atoms with E-state index < -0.39 is 17.8 Å². The molecule has 2 N–H and O–H groups in total. The van der Waals surface area contributed by atoms with Gasteiger partial charge in [0.1, 0.15) is 5.75 Å². The van der Waals surface area contributed by atoms with Gasteiger partial charge in [0.15, 0.2) is 0 Å². The Labute approximate surface area is 161 Å². The van der Waals surface area contributed by atoms with Crippen molar-refractivity contribution in [3.8, 4) is 5.75 Å². The second kappa shape index (κ2) is 9.05. The predicted molar refractivity (Wildman–Crippen MR) is 102 cm³/mol. The van der Waals surface area contributed by atoms with Gasteiger partial charge in [-0.1, -0.05) is 11.6 Å². The van der Waals surface area contributed by atoms with E-state index in [-0.39, 0.29) is 22.4 Å². The van der Waals surface area contributed by atoms with Crippen molar-refractivity contribution in [2.75, 3.05) is 17.7 Å². The van der Waals surface area contributed by atoms with Crippen molar-refractivity contribution in [2.45, 2.75) is 20.0 Å². The standard InChI is InChI=1S/C19H19ClN2O5/c1-11(2)27-14-7-5-13(6-8-14)21-17(23)18(24)22-16-10-12(19(25)26-3)4-9-15(16)20/h4-11H,1-3H3,(H,21,23)(H,22,24). The van der Waals surface area contributed by atoms with Crippen molar-refractivity contribution in [3.05, 3.63) is 53.1 Å². The first kappa shape index (κ1) is 20.3. The normalized spacial score (nSPS) is 10.3. The zero-order valence-corrected chi connectivity index (χ0v) is 15.8. The molecule has 142 valence electrons. The van der Waals surface area contributed by atoms with Crippen LogP contribution in [-0.2, 0) is 14.3 Å². The number of hydrogen-bond donors (Lipinski definition) is 2. The number of amides is 2. The third-order valence-corrected chi connectivity index (χ3v) is 3.66. The van der Waals surface area contributed by atoms with Gasteiger partial charge in [-0.15, -0.1) is 0 Å². The monoisotopic (exact) mass is 390 g/mol. The van der Waals surface area contributed by atoms with Gasteiger partial charge >= 0.3 is 17.8 Å². The van der Waals surface area contributed by atoms with Gasteiger partial charge < -0.3 is 20.1 Å². The highest BCUT2D eigenvalue weighted by Crippen LogP contribution is 2.23. The van der Waals surface area contributed by atoms with E-state index in [1.807, 2.05) is 13.8 Å². The lowest BCUT2D eigenvalue weighted by atomic mass is 10.2. The average Bonchev–Trinajstić information content (AvgIpc) is 2.63. The Kier molecular flexibility index (Phi) is 6.79. The Morgan fingerprint density at radius 2 is 1.59 bits per heavy atom. The number of hydrogen-bond acceptors (Lipinski definition) is 5. The van der Waals surface area contributed by atoms with Crippen LogP contribution in [0.2, 0.25) is 5.02 Å². The molecule has 0 saturated carbocycles. The van der Waals surface area contributed by atoms with Crippen LogP contribution in [0.3, 0.4) is 0 Å². The number of esters is 1. The maximum atomic E-state index is 12.1. The van der Waals surface area contributed by atoms with Gasteiger partial charge in [0.25, 0.3) is 0 Å². The molecule has 0 spiro atoms. The summed E-state index contributed by atoms with van der Waals surface area (Å²) in [6, 6.07) is 10.8. The zero-order valence-electron chi connectivity index (χ0n) is 15.0. The third kappa shape index (κ3) is 5.72. The largest absolute Gasteiger partial charge is 0.491 e. The minimum Gasteiger partial charge on any atom is -0.491 e. The molecule has 0 heterocycles. The summed E-state index contributed by atoms with van der Waals surface area (Å²) >= 11 is 6.00. The van der Waals surface area contributed by atoms with Crippen LogP contribution in [0.1, 0.15) is 24.2 Å². The van der Waals surface area contributed by atoms with E-state index in [0.717, 1.165) is 0 Å². The van der Waals surface area contributed by atoms with Gasteiger partial charge in [-0.05, 0) is 56.3 Å². The summed E-state index contributed by atoms with van der Waals surface area (Å²) in [7, 11) is 1.24. The molecular weight excluding hydrogens is 372 g/mol. The fourth-order valence-electron chi connectivity index (χ4n) is 2.12. The van der Waals surface area contributed by atoms with Crippen LogP contribution in [0.5, 0.6) is 5.75 Å². The van der Waals surface area contributed by atoms with Crippen LogP contribution < -0.4 is 15.4 Å². The Bertz CT molecular complexity index is 850.